The maximum atomic E-state index is 13.8. The maximum absolute atomic E-state index is 13.8. The average Bonchev–Trinajstić information content (AvgIpc) is 3.13. The molecular formula is C27H27ClN2O5S. The van der Waals surface area contributed by atoms with Crippen LogP contribution >= 0.6 is 22.9 Å². The van der Waals surface area contributed by atoms with Gasteiger partial charge in [0, 0.05) is 5.02 Å². The highest BCUT2D eigenvalue weighted by molar-refractivity contribution is 7.07. The highest BCUT2D eigenvalue weighted by atomic mass is 35.5. The van der Waals surface area contributed by atoms with Crippen molar-refractivity contribution in [2.75, 3.05) is 13.7 Å². The summed E-state index contributed by atoms with van der Waals surface area (Å²) < 4.78 is 18.5. The summed E-state index contributed by atoms with van der Waals surface area (Å²) in [6.45, 7) is 7.67. The number of aromatic nitrogens is 1. The summed E-state index contributed by atoms with van der Waals surface area (Å²) >= 11 is 7.81. The number of benzene rings is 2. The van der Waals surface area contributed by atoms with Gasteiger partial charge in [0.25, 0.3) is 5.56 Å². The molecule has 0 bridgehead atoms. The van der Waals surface area contributed by atoms with Gasteiger partial charge < -0.3 is 14.2 Å². The van der Waals surface area contributed by atoms with E-state index in [-0.39, 0.29) is 11.7 Å². The van der Waals surface area contributed by atoms with Crippen LogP contribution < -0.4 is 24.4 Å². The number of allylic oxidation sites excluding steroid dienone is 1. The Morgan fingerprint density at radius 3 is 2.64 bits per heavy atom. The van der Waals surface area contributed by atoms with Gasteiger partial charge in [0.15, 0.2) is 16.3 Å². The first kappa shape index (κ1) is 25.7. The predicted molar refractivity (Wildman–Crippen MR) is 141 cm³/mol. The standard InChI is InChI=1S/C27H27ClN2O5S/c1-6-34-21-13-17(11-12-20(21)33-5)14-22-25(31)30-24(18-9-7-8-10-19(18)28)23(26(32)35-15(2)3)16(4)29-27(30)36-22/h7-15,24H,6H2,1-5H3. The average molecular weight is 527 g/mol. The molecule has 1 atom stereocenters. The van der Waals surface area contributed by atoms with Crippen molar-refractivity contribution in [2.45, 2.75) is 39.8 Å². The summed E-state index contributed by atoms with van der Waals surface area (Å²) in [7, 11) is 1.58. The van der Waals surface area contributed by atoms with Gasteiger partial charge in [0.2, 0.25) is 0 Å². The highest BCUT2D eigenvalue weighted by Crippen LogP contribution is 2.34. The second-order valence-corrected chi connectivity index (χ2v) is 9.82. The molecule has 0 amide bonds. The van der Waals surface area contributed by atoms with Crippen molar-refractivity contribution in [1.29, 1.82) is 0 Å². The van der Waals surface area contributed by atoms with Gasteiger partial charge in [0.1, 0.15) is 6.04 Å². The molecule has 9 heteroatoms. The Morgan fingerprint density at radius 1 is 1.22 bits per heavy atom. The van der Waals surface area contributed by atoms with Gasteiger partial charge in [-0.3, -0.25) is 9.36 Å². The van der Waals surface area contributed by atoms with Crippen LogP contribution in [0.25, 0.3) is 6.08 Å². The molecule has 1 aromatic heterocycles. The first-order valence-corrected chi connectivity index (χ1v) is 12.7. The Labute approximate surface area is 217 Å². The molecule has 1 unspecified atom stereocenters. The summed E-state index contributed by atoms with van der Waals surface area (Å²) in [5.74, 6) is 0.671. The van der Waals surface area contributed by atoms with Crippen molar-refractivity contribution in [3.8, 4) is 11.5 Å². The van der Waals surface area contributed by atoms with E-state index in [1.54, 1.807) is 52.2 Å². The van der Waals surface area contributed by atoms with Crippen molar-refractivity contribution in [1.82, 2.24) is 4.57 Å². The van der Waals surface area contributed by atoms with E-state index in [1.807, 2.05) is 31.2 Å². The maximum Gasteiger partial charge on any atom is 0.338 e. The molecule has 7 nitrogen and oxygen atoms in total. The Balaban J connectivity index is 1.92. The van der Waals surface area contributed by atoms with E-state index >= 15 is 0 Å². The molecule has 0 radical (unpaired) electrons. The first-order valence-electron chi connectivity index (χ1n) is 11.5. The van der Waals surface area contributed by atoms with Crippen LogP contribution in [-0.4, -0.2) is 30.4 Å². The zero-order valence-electron chi connectivity index (χ0n) is 20.7. The van der Waals surface area contributed by atoms with E-state index in [0.717, 1.165) is 5.56 Å². The second kappa shape index (κ2) is 10.7. The molecule has 36 heavy (non-hydrogen) atoms. The molecule has 0 saturated carbocycles. The molecule has 188 valence electrons. The number of esters is 1. The molecule has 1 aliphatic rings. The molecule has 0 spiro atoms. The van der Waals surface area contributed by atoms with Crippen LogP contribution in [0.2, 0.25) is 5.02 Å². The molecule has 2 heterocycles. The van der Waals surface area contributed by atoms with Crippen molar-refractivity contribution in [2.24, 2.45) is 4.99 Å². The van der Waals surface area contributed by atoms with Gasteiger partial charge in [-0.1, -0.05) is 47.2 Å². The first-order chi connectivity index (χ1) is 17.2. The summed E-state index contributed by atoms with van der Waals surface area (Å²) in [5, 5.41) is 0.443. The van der Waals surface area contributed by atoms with Crippen LogP contribution in [0.1, 0.15) is 44.9 Å². The lowest BCUT2D eigenvalue weighted by Gasteiger charge is -2.26. The second-order valence-electron chi connectivity index (χ2n) is 8.40. The van der Waals surface area contributed by atoms with E-state index in [2.05, 4.69) is 4.99 Å². The number of ether oxygens (including phenoxy) is 3. The largest absolute Gasteiger partial charge is 0.493 e. The third-order valence-corrected chi connectivity index (χ3v) is 6.90. The number of carbonyl (C=O) groups excluding carboxylic acids is 1. The zero-order chi connectivity index (χ0) is 26.0. The number of hydrogen-bond donors (Lipinski definition) is 0. The Kier molecular flexibility index (Phi) is 7.66. The van der Waals surface area contributed by atoms with Crippen LogP contribution in [0.4, 0.5) is 0 Å². The van der Waals surface area contributed by atoms with Gasteiger partial charge in [-0.25, -0.2) is 9.79 Å². The highest BCUT2D eigenvalue weighted by Gasteiger charge is 2.34. The van der Waals surface area contributed by atoms with Crippen LogP contribution in [0.15, 0.2) is 63.5 Å². The SMILES string of the molecule is CCOc1cc(C=c2sc3n(c2=O)C(c2ccccc2Cl)C(C(=O)OC(C)C)=C(C)N=3)ccc1OC. The van der Waals surface area contributed by atoms with E-state index in [1.165, 1.54) is 15.9 Å². The zero-order valence-corrected chi connectivity index (χ0v) is 22.3. The van der Waals surface area contributed by atoms with Gasteiger partial charge in [-0.2, -0.15) is 0 Å². The minimum atomic E-state index is -0.766. The van der Waals surface area contributed by atoms with Crippen molar-refractivity contribution in [3.05, 3.63) is 89.6 Å². The fourth-order valence-electron chi connectivity index (χ4n) is 4.05. The lowest BCUT2D eigenvalue weighted by Crippen LogP contribution is -2.40. The molecular weight excluding hydrogens is 500 g/mol. The van der Waals surface area contributed by atoms with E-state index in [4.69, 9.17) is 25.8 Å². The fraction of sp³-hybridized carbons (Fsp3) is 0.296. The van der Waals surface area contributed by atoms with Gasteiger partial charge in [0.05, 0.1) is 35.6 Å². The number of thiazole rings is 1. The molecule has 1 aliphatic heterocycles. The third kappa shape index (κ3) is 4.96. The normalized spacial score (nSPS) is 15.5. The summed E-state index contributed by atoms with van der Waals surface area (Å²) in [4.78, 5) is 32.0. The summed E-state index contributed by atoms with van der Waals surface area (Å²) in [5.41, 5.74) is 1.90. The topological polar surface area (TPSA) is 79.1 Å². The number of hydrogen-bond acceptors (Lipinski definition) is 7. The summed E-state index contributed by atoms with van der Waals surface area (Å²) in [6, 6.07) is 11.9. The van der Waals surface area contributed by atoms with Crippen LogP contribution in [0.5, 0.6) is 11.5 Å². The molecule has 0 saturated heterocycles. The number of rotatable bonds is 7. The number of carbonyl (C=O) groups is 1. The lowest BCUT2D eigenvalue weighted by atomic mass is 9.96. The predicted octanol–water partition coefficient (Wildman–Crippen LogP) is 4.25. The van der Waals surface area contributed by atoms with Gasteiger partial charge >= 0.3 is 5.97 Å². The fourth-order valence-corrected chi connectivity index (χ4v) is 5.34. The van der Waals surface area contributed by atoms with Crippen LogP contribution in [-0.2, 0) is 9.53 Å². The lowest BCUT2D eigenvalue weighted by molar-refractivity contribution is -0.143. The molecule has 3 aromatic rings. The van der Waals surface area contributed by atoms with E-state index in [9.17, 15) is 9.59 Å². The molecule has 0 aliphatic carbocycles. The van der Waals surface area contributed by atoms with Gasteiger partial charge in [-0.15, -0.1) is 0 Å². The Bertz CT molecular complexity index is 1520. The Morgan fingerprint density at radius 2 is 1.97 bits per heavy atom. The van der Waals surface area contributed by atoms with Gasteiger partial charge in [-0.05, 0) is 63.1 Å². The van der Waals surface area contributed by atoms with Crippen LogP contribution in [0.3, 0.4) is 0 Å². The van der Waals surface area contributed by atoms with E-state index < -0.39 is 12.0 Å². The summed E-state index contributed by atoms with van der Waals surface area (Å²) in [6.07, 6.45) is 1.45. The number of nitrogens with zero attached hydrogens (tertiary/aromatic N) is 2. The minimum absolute atomic E-state index is 0.278. The molecule has 0 fully saturated rings. The third-order valence-electron chi connectivity index (χ3n) is 5.57. The molecule has 4 rings (SSSR count). The quantitative estimate of drug-likeness (QED) is 0.430. The van der Waals surface area contributed by atoms with Crippen molar-refractivity contribution < 1.29 is 19.0 Å². The smallest absolute Gasteiger partial charge is 0.338 e. The van der Waals surface area contributed by atoms with Crippen LogP contribution in [0, 0.1) is 0 Å². The molecule has 2 aromatic carbocycles. The van der Waals surface area contributed by atoms with Crippen molar-refractivity contribution in [3.63, 3.8) is 0 Å². The Hall–Kier alpha value is -3.36. The van der Waals surface area contributed by atoms with Crippen molar-refractivity contribution >= 4 is 35.0 Å². The number of halogens is 1. The molecule has 0 N–H and O–H groups in total. The minimum Gasteiger partial charge on any atom is -0.493 e. The number of methoxy groups -OCH3 is 1. The monoisotopic (exact) mass is 526 g/mol. The number of fused-ring (bicyclic) bond motifs is 1. The van der Waals surface area contributed by atoms with E-state index in [0.29, 0.717) is 49.3 Å².